The van der Waals surface area contributed by atoms with E-state index in [1.807, 2.05) is 6.07 Å². The van der Waals surface area contributed by atoms with Gasteiger partial charge in [-0.25, -0.2) is 0 Å². The van der Waals surface area contributed by atoms with Gasteiger partial charge in [0.05, 0.1) is 5.56 Å². The minimum Gasteiger partial charge on any atom is -0.507 e. The van der Waals surface area contributed by atoms with E-state index >= 15 is 0 Å². The first kappa shape index (κ1) is 17.2. The molecule has 0 saturated carbocycles. The molecule has 116 valence electrons. The number of rotatable bonds is 2. The fraction of sp³-hybridized carbons (Fsp3) is 0.0667. The fourth-order valence-electron chi connectivity index (χ4n) is 1.44. The summed E-state index contributed by atoms with van der Waals surface area (Å²) in [5.41, 5.74) is 4.67. The van der Waals surface area contributed by atoms with Crippen molar-refractivity contribution in [2.75, 3.05) is 0 Å². The van der Waals surface area contributed by atoms with Crippen LogP contribution in [0, 0.1) is 5.41 Å². The summed E-state index contributed by atoms with van der Waals surface area (Å²) in [4.78, 5) is 10.4. The highest BCUT2D eigenvalue weighted by Crippen LogP contribution is 2.32. The second-order valence-electron chi connectivity index (χ2n) is 4.15. The molecule has 0 saturated heterocycles. The summed E-state index contributed by atoms with van der Waals surface area (Å²) in [6.07, 6.45) is -3.67. The lowest BCUT2D eigenvalue weighted by atomic mass is 10.1. The normalized spacial score (nSPS) is 10.3. The van der Waals surface area contributed by atoms with Crippen molar-refractivity contribution < 1.29 is 23.1 Å². The average Bonchev–Trinajstić information content (AvgIpc) is 2.48. The Hall–Kier alpha value is -2.83. The van der Waals surface area contributed by atoms with Gasteiger partial charge in [0, 0.05) is 17.3 Å². The summed E-state index contributed by atoms with van der Waals surface area (Å²) >= 11 is 0. The van der Waals surface area contributed by atoms with E-state index in [9.17, 15) is 18.0 Å². The molecule has 2 aromatic rings. The van der Waals surface area contributed by atoms with Gasteiger partial charge < -0.3 is 16.2 Å². The third-order valence-corrected chi connectivity index (χ3v) is 2.57. The molecule has 22 heavy (non-hydrogen) atoms. The summed E-state index contributed by atoms with van der Waals surface area (Å²) in [6, 6.07) is 11.2. The third kappa shape index (κ3) is 4.93. The van der Waals surface area contributed by atoms with Gasteiger partial charge in [-0.15, -0.1) is 0 Å². The molecule has 4 nitrogen and oxygen atoms in total. The van der Waals surface area contributed by atoms with Crippen LogP contribution < -0.4 is 5.73 Å². The molecule has 0 aliphatic heterocycles. The zero-order valence-corrected chi connectivity index (χ0v) is 11.3. The Morgan fingerprint density at radius 3 is 2.09 bits per heavy atom. The molecule has 0 unspecified atom stereocenters. The Balaban J connectivity index is 0.000000235. The van der Waals surface area contributed by atoms with Crippen LogP contribution in [-0.2, 0) is 6.18 Å². The van der Waals surface area contributed by atoms with E-state index in [4.69, 9.17) is 16.2 Å². The molecule has 2 aromatic carbocycles. The van der Waals surface area contributed by atoms with Crippen LogP contribution in [0.1, 0.15) is 21.5 Å². The van der Waals surface area contributed by atoms with Crippen LogP contribution in [0.4, 0.5) is 13.2 Å². The topological polar surface area (TPSA) is 87.2 Å². The van der Waals surface area contributed by atoms with Crippen LogP contribution in [0.3, 0.4) is 0 Å². The van der Waals surface area contributed by atoms with Crippen molar-refractivity contribution in [2.45, 2.75) is 6.18 Å². The molecule has 0 aromatic heterocycles. The highest BCUT2D eigenvalue weighted by atomic mass is 19.4. The number of phenolic OH excluding ortho intramolecular Hbond substituents is 1. The lowest BCUT2D eigenvalue weighted by molar-refractivity contribution is -0.137. The Morgan fingerprint density at radius 1 is 1.14 bits per heavy atom. The van der Waals surface area contributed by atoms with Crippen molar-refractivity contribution in [3.8, 4) is 5.75 Å². The Kier molecular flexibility index (Phi) is 5.68. The number of benzene rings is 2. The summed E-state index contributed by atoms with van der Waals surface area (Å²) in [6.45, 7) is 0. The van der Waals surface area contributed by atoms with Gasteiger partial charge in [-0.2, -0.15) is 13.2 Å². The molecule has 1 amide bonds. The van der Waals surface area contributed by atoms with Crippen molar-refractivity contribution in [2.24, 2.45) is 5.73 Å². The minimum atomic E-state index is -4.46. The number of nitrogens with two attached hydrogens (primary N) is 1. The smallest absolute Gasteiger partial charge is 0.416 e. The van der Waals surface area contributed by atoms with Crippen LogP contribution >= 0.6 is 0 Å². The van der Waals surface area contributed by atoms with E-state index in [0.717, 1.165) is 18.3 Å². The van der Waals surface area contributed by atoms with Crippen LogP contribution in [0.2, 0.25) is 0 Å². The Morgan fingerprint density at radius 2 is 1.73 bits per heavy atom. The molecule has 0 aliphatic rings. The number of aromatic hydroxyl groups is 1. The highest BCUT2D eigenvalue weighted by molar-refractivity contribution is 5.92. The van der Waals surface area contributed by atoms with Crippen LogP contribution in [0.5, 0.6) is 5.75 Å². The SMILES string of the molecule is N=Cc1ccc(C(F)(F)F)cc1O.NC(=O)c1ccccc1. The summed E-state index contributed by atoms with van der Waals surface area (Å²) in [7, 11) is 0. The molecule has 0 bridgehead atoms. The number of amides is 1. The molecular weight excluding hydrogens is 297 g/mol. The second-order valence-corrected chi connectivity index (χ2v) is 4.15. The molecule has 0 fully saturated rings. The average molecular weight is 310 g/mol. The predicted molar refractivity (Wildman–Crippen MR) is 76.0 cm³/mol. The summed E-state index contributed by atoms with van der Waals surface area (Å²) < 4.78 is 36.1. The van der Waals surface area contributed by atoms with Crippen molar-refractivity contribution >= 4 is 12.1 Å². The van der Waals surface area contributed by atoms with E-state index in [-0.39, 0.29) is 11.5 Å². The van der Waals surface area contributed by atoms with Crippen LogP contribution in [0.15, 0.2) is 48.5 Å². The number of carbonyl (C=O) groups excluding carboxylic acids is 1. The number of carbonyl (C=O) groups is 1. The van der Waals surface area contributed by atoms with Gasteiger partial charge in [-0.3, -0.25) is 4.79 Å². The van der Waals surface area contributed by atoms with Crippen molar-refractivity contribution in [1.82, 2.24) is 0 Å². The van der Waals surface area contributed by atoms with Crippen molar-refractivity contribution in [3.63, 3.8) is 0 Å². The van der Waals surface area contributed by atoms with Crippen LogP contribution in [0.25, 0.3) is 0 Å². The Labute approximate surface area is 124 Å². The molecule has 4 N–H and O–H groups in total. The highest BCUT2D eigenvalue weighted by Gasteiger charge is 2.30. The molecule has 0 heterocycles. The predicted octanol–water partition coefficient (Wildman–Crippen LogP) is 3.19. The van der Waals surface area contributed by atoms with Gasteiger partial charge in [0.1, 0.15) is 5.75 Å². The monoisotopic (exact) mass is 310 g/mol. The van der Waals surface area contributed by atoms with Gasteiger partial charge in [0.15, 0.2) is 0 Å². The lowest BCUT2D eigenvalue weighted by Crippen LogP contribution is -2.09. The summed E-state index contributed by atoms with van der Waals surface area (Å²) in [5.74, 6) is -0.916. The largest absolute Gasteiger partial charge is 0.507 e. The van der Waals surface area contributed by atoms with Gasteiger partial charge >= 0.3 is 6.18 Å². The number of hydrogen-bond donors (Lipinski definition) is 3. The second kappa shape index (κ2) is 7.26. The first-order valence-corrected chi connectivity index (χ1v) is 6.01. The standard InChI is InChI=1S/C8H6F3NO.C7H7NO/c9-8(10,11)6-2-1-5(4-12)7(13)3-6;8-7(9)6-4-2-1-3-5-6/h1-4,12-13H;1-5H,(H2,8,9). The zero-order chi connectivity index (χ0) is 16.8. The quantitative estimate of drug-likeness (QED) is 0.744. The minimum absolute atomic E-state index is 0.0630. The van der Waals surface area contributed by atoms with Crippen LogP contribution in [-0.4, -0.2) is 17.2 Å². The van der Waals surface area contributed by atoms with E-state index < -0.39 is 17.5 Å². The summed E-state index contributed by atoms with van der Waals surface area (Å²) in [5, 5.41) is 15.7. The number of halogens is 3. The van der Waals surface area contributed by atoms with E-state index in [0.29, 0.717) is 11.6 Å². The molecule has 7 heteroatoms. The number of alkyl halides is 3. The number of hydrogen-bond acceptors (Lipinski definition) is 3. The fourth-order valence-corrected chi connectivity index (χ4v) is 1.44. The van der Waals surface area contributed by atoms with E-state index in [2.05, 4.69) is 0 Å². The Bertz CT molecular complexity index is 656. The molecule has 0 radical (unpaired) electrons. The maximum Gasteiger partial charge on any atom is 0.416 e. The lowest BCUT2D eigenvalue weighted by Gasteiger charge is -2.07. The molecule has 0 spiro atoms. The number of primary amides is 1. The number of phenols is 1. The van der Waals surface area contributed by atoms with E-state index in [1.54, 1.807) is 24.3 Å². The van der Waals surface area contributed by atoms with Crippen molar-refractivity contribution in [1.29, 1.82) is 5.41 Å². The first-order valence-electron chi connectivity index (χ1n) is 6.01. The maximum atomic E-state index is 12.0. The first-order chi connectivity index (χ1) is 10.3. The van der Waals surface area contributed by atoms with Crippen molar-refractivity contribution in [3.05, 3.63) is 65.2 Å². The molecule has 0 aliphatic carbocycles. The van der Waals surface area contributed by atoms with Gasteiger partial charge in [0.2, 0.25) is 5.91 Å². The van der Waals surface area contributed by atoms with Gasteiger partial charge in [0.25, 0.3) is 0 Å². The molecule has 0 atom stereocenters. The zero-order valence-electron chi connectivity index (χ0n) is 11.3. The van der Waals surface area contributed by atoms with Gasteiger partial charge in [-0.1, -0.05) is 18.2 Å². The maximum absolute atomic E-state index is 12.0. The molecular formula is C15H13F3N2O2. The number of nitrogens with one attached hydrogen (secondary N) is 1. The van der Waals surface area contributed by atoms with Gasteiger partial charge in [-0.05, 0) is 30.3 Å². The third-order valence-electron chi connectivity index (χ3n) is 2.57. The van der Waals surface area contributed by atoms with E-state index in [1.165, 1.54) is 0 Å². The molecule has 2 rings (SSSR count).